The van der Waals surface area contributed by atoms with Crippen LogP contribution in [0.15, 0.2) is 24.3 Å². The quantitative estimate of drug-likeness (QED) is 0.817. The van der Waals surface area contributed by atoms with E-state index >= 15 is 0 Å². The first-order valence-corrected chi connectivity index (χ1v) is 8.20. The highest BCUT2D eigenvalue weighted by atomic mass is 16.5. The summed E-state index contributed by atoms with van der Waals surface area (Å²) in [5.41, 5.74) is 2.01. The number of carbonyl (C=O) groups excluding carboxylic acids is 2. The molecule has 5 heteroatoms. The van der Waals surface area contributed by atoms with E-state index in [2.05, 4.69) is 24.1 Å². The van der Waals surface area contributed by atoms with Crippen molar-refractivity contribution in [3.8, 4) is 0 Å². The Kier molecular flexibility index (Phi) is 6.02. The Morgan fingerprint density at radius 2 is 1.83 bits per heavy atom. The number of ketones is 1. The average molecular weight is 318 g/mol. The number of rotatable bonds is 6. The molecule has 0 spiro atoms. The molecule has 1 fully saturated rings. The third kappa shape index (κ3) is 4.98. The summed E-state index contributed by atoms with van der Waals surface area (Å²) < 4.78 is 4.87. The van der Waals surface area contributed by atoms with Crippen LogP contribution >= 0.6 is 0 Å². The summed E-state index contributed by atoms with van der Waals surface area (Å²) in [4.78, 5) is 25.4. The van der Waals surface area contributed by atoms with Gasteiger partial charge in [-0.1, -0.05) is 13.8 Å². The maximum atomic E-state index is 11.9. The summed E-state index contributed by atoms with van der Waals surface area (Å²) in [6.07, 6.45) is 1.97. The molecular formula is C18H26N2O3. The number of nitrogens with zero attached hydrogens (tertiary/aromatic N) is 1. The van der Waals surface area contributed by atoms with E-state index in [4.69, 9.17) is 4.74 Å². The molecule has 0 unspecified atom stereocenters. The number of hydrogen-bond acceptors (Lipinski definition) is 5. The number of piperidine rings is 1. The Morgan fingerprint density at radius 1 is 1.22 bits per heavy atom. The third-order valence-electron chi connectivity index (χ3n) is 4.09. The van der Waals surface area contributed by atoms with E-state index in [1.54, 1.807) is 0 Å². The Labute approximate surface area is 138 Å². The predicted molar refractivity (Wildman–Crippen MR) is 91.8 cm³/mol. The predicted octanol–water partition coefficient (Wildman–Crippen LogP) is 2.86. The van der Waals surface area contributed by atoms with Crippen molar-refractivity contribution in [1.29, 1.82) is 0 Å². The highest BCUT2D eigenvalue weighted by Gasteiger charge is 2.20. The van der Waals surface area contributed by atoms with Gasteiger partial charge in [-0.2, -0.15) is 0 Å². The SMILES string of the molecule is COC(=O)[C@H](CC(C)C)Nc1ccc(N2CCC(=O)CC2)cc1. The Hall–Kier alpha value is -2.04. The summed E-state index contributed by atoms with van der Waals surface area (Å²) in [6.45, 7) is 5.73. The van der Waals surface area contributed by atoms with E-state index < -0.39 is 0 Å². The van der Waals surface area contributed by atoms with Crippen LogP contribution in [0.2, 0.25) is 0 Å². The number of hydrogen-bond donors (Lipinski definition) is 1. The van der Waals surface area contributed by atoms with Crippen LogP contribution in [0, 0.1) is 5.92 Å². The van der Waals surface area contributed by atoms with E-state index in [0.717, 1.165) is 30.9 Å². The van der Waals surface area contributed by atoms with Gasteiger partial charge >= 0.3 is 5.97 Å². The van der Waals surface area contributed by atoms with Gasteiger partial charge in [0.25, 0.3) is 0 Å². The molecule has 0 amide bonds. The first-order valence-electron chi connectivity index (χ1n) is 8.20. The number of carbonyl (C=O) groups is 2. The minimum Gasteiger partial charge on any atom is -0.467 e. The summed E-state index contributed by atoms with van der Waals surface area (Å²) in [5, 5.41) is 3.25. The number of esters is 1. The number of anilines is 2. The number of ether oxygens (including phenoxy) is 1. The highest BCUT2D eigenvalue weighted by molar-refractivity contribution is 5.81. The average Bonchev–Trinajstić information content (AvgIpc) is 2.54. The lowest BCUT2D eigenvalue weighted by Gasteiger charge is -2.28. The lowest BCUT2D eigenvalue weighted by Crippen LogP contribution is -2.34. The van der Waals surface area contributed by atoms with Gasteiger partial charge in [-0.25, -0.2) is 4.79 Å². The Bertz CT molecular complexity index is 530. The summed E-state index contributed by atoms with van der Waals surface area (Å²) >= 11 is 0. The Morgan fingerprint density at radius 3 is 2.35 bits per heavy atom. The van der Waals surface area contributed by atoms with Gasteiger partial charge in [0.1, 0.15) is 11.8 Å². The fourth-order valence-electron chi connectivity index (χ4n) is 2.81. The summed E-state index contributed by atoms with van der Waals surface area (Å²) in [6, 6.07) is 7.67. The van der Waals surface area contributed by atoms with E-state index in [1.165, 1.54) is 7.11 Å². The molecule has 1 N–H and O–H groups in total. The van der Waals surface area contributed by atoms with Gasteiger partial charge in [-0.15, -0.1) is 0 Å². The van der Waals surface area contributed by atoms with Crippen molar-refractivity contribution in [1.82, 2.24) is 0 Å². The van der Waals surface area contributed by atoms with Crippen LogP contribution < -0.4 is 10.2 Å². The van der Waals surface area contributed by atoms with Crippen molar-refractivity contribution < 1.29 is 14.3 Å². The van der Waals surface area contributed by atoms with Crippen LogP contribution in [0.3, 0.4) is 0 Å². The van der Waals surface area contributed by atoms with E-state index in [1.807, 2.05) is 24.3 Å². The minimum absolute atomic E-state index is 0.239. The standard InChI is InChI=1S/C18H26N2O3/c1-13(2)12-17(18(22)23-3)19-14-4-6-15(7-5-14)20-10-8-16(21)9-11-20/h4-7,13,17,19H,8-12H2,1-3H3/t17-/m0/s1. The molecule has 2 rings (SSSR count). The molecule has 126 valence electrons. The topological polar surface area (TPSA) is 58.6 Å². The molecule has 1 aromatic rings. The zero-order chi connectivity index (χ0) is 16.8. The van der Waals surface area contributed by atoms with Gasteiger partial charge in [0, 0.05) is 37.3 Å². The largest absolute Gasteiger partial charge is 0.467 e. The van der Waals surface area contributed by atoms with Crippen molar-refractivity contribution >= 4 is 23.1 Å². The molecule has 1 heterocycles. The number of Topliss-reactive ketones (excluding diaryl/α,β-unsaturated/α-hetero) is 1. The van der Waals surface area contributed by atoms with Gasteiger partial charge in [-0.05, 0) is 36.6 Å². The number of nitrogens with one attached hydrogen (secondary N) is 1. The monoisotopic (exact) mass is 318 g/mol. The van der Waals surface area contributed by atoms with Gasteiger partial charge < -0.3 is 15.0 Å². The summed E-state index contributed by atoms with van der Waals surface area (Å²) in [7, 11) is 1.41. The molecule has 1 saturated heterocycles. The number of benzene rings is 1. The molecular weight excluding hydrogens is 292 g/mol. The smallest absolute Gasteiger partial charge is 0.328 e. The van der Waals surface area contributed by atoms with Crippen molar-refractivity contribution in [2.75, 3.05) is 30.4 Å². The molecule has 1 aliphatic rings. The highest BCUT2D eigenvalue weighted by Crippen LogP contribution is 2.22. The second kappa shape index (κ2) is 7.99. The fourth-order valence-corrected chi connectivity index (χ4v) is 2.81. The van der Waals surface area contributed by atoms with Gasteiger partial charge in [0.05, 0.1) is 7.11 Å². The maximum Gasteiger partial charge on any atom is 0.328 e. The second-order valence-electron chi connectivity index (χ2n) is 6.42. The van der Waals surface area contributed by atoms with Gasteiger partial charge in [0.2, 0.25) is 0 Å². The van der Waals surface area contributed by atoms with Crippen molar-refractivity contribution in [3.05, 3.63) is 24.3 Å². The third-order valence-corrected chi connectivity index (χ3v) is 4.09. The molecule has 5 nitrogen and oxygen atoms in total. The van der Waals surface area contributed by atoms with Crippen LogP contribution in [0.25, 0.3) is 0 Å². The normalized spacial score (nSPS) is 16.3. The van der Waals surface area contributed by atoms with E-state index in [9.17, 15) is 9.59 Å². The van der Waals surface area contributed by atoms with Crippen LogP contribution in [0.4, 0.5) is 11.4 Å². The molecule has 1 aliphatic heterocycles. The van der Waals surface area contributed by atoms with Crippen LogP contribution in [0.1, 0.15) is 33.1 Å². The lowest BCUT2D eigenvalue weighted by molar-refractivity contribution is -0.141. The molecule has 0 radical (unpaired) electrons. The minimum atomic E-state index is -0.335. The molecule has 23 heavy (non-hydrogen) atoms. The Balaban J connectivity index is 2.00. The molecule has 0 saturated carbocycles. The van der Waals surface area contributed by atoms with Crippen LogP contribution in [-0.4, -0.2) is 38.0 Å². The zero-order valence-electron chi connectivity index (χ0n) is 14.2. The number of methoxy groups -OCH3 is 1. The van der Waals surface area contributed by atoms with Crippen molar-refractivity contribution in [2.24, 2.45) is 5.92 Å². The van der Waals surface area contributed by atoms with E-state index in [-0.39, 0.29) is 12.0 Å². The first-order chi connectivity index (χ1) is 11.0. The molecule has 1 atom stereocenters. The maximum absolute atomic E-state index is 11.9. The van der Waals surface area contributed by atoms with Crippen molar-refractivity contribution in [2.45, 2.75) is 39.2 Å². The molecule has 0 bridgehead atoms. The van der Waals surface area contributed by atoms with Crippen molar-refractivity contribution in [3.63, 3.8) is 0 Å². The summed E-state index contributed by atoms with van der Waals surface area (Å²) in [5.74, 6) is 0.503. The molecule has 1 aromatic carbocycles. The van der Waals surface area contributed by atoms with E-state index in [0.29, 0.717) is 24.5 Å². The second-order valence-corrected chi connectivity index (χ2v) is 6.42. The van der Waals surface area contributed by atoms with Gasteiger partial charge in [0.15, 0.2) is 0 Å². The van der Waals surface area contributed by atoms with Crippen LogP contribution in [0.5, 0.6) is 0 Å². The fraction of sp³-hybridized carbons (Fsp3) is 0.556. The molecule has 0 aliphatic carbocycles. The lowest BCUT2D eigenvalue weighted by atomic mass is 10.0. The zero-order valence-corrected chi connectivity index (χ0v) is 14.2. The van der Waals surface area contributed by atoms with Crippen LogP contribution in [-0.2, 0) is 14.3 Å². The van der Waals surface area contributed by atoms with Gasteiger partial charge in [-0.3, -0.25) is 4.79 Å². The first kappa shape index (κ1) is 17.3. The molecule has 0 aromatic heterocycles.